The number of aldehydes is 1. The van der Waals surface area contributed by atoms with Crippen LogP contribution in [0.4, 0.5) is 5.69 Å². The van der Waals surface area contributed by atoms with E-state index in [2.05, 4.69) is 15.1 Å². The molecular weight excluding hydrogens is 316 g/mol. The van der Waals surface area contributed by atoms with Crippen LogP contribution in [0.25, 0.3) is 11.5 Å². The Morgan fingerprint density at radius 3 is 2.62 bits per heavy atom. The van der Waals surface area contributed by atoms with Gasteiger partial charge in [0.05, 0.1) is 16.7 Å². The van der Waals surface area contributed by atoms with Gasteiger partial charge in [0, 0.05) is 13.0 Å². The van der Waals surface area contributed by atoms with Gasteiger partial charge in [0.25, 0.3) is 5.69 Å². The first-order valence-corrected chi connectivity index (χ1v) is 6.75. The van der Waals surface area contributed by atoms with Crippen molar-refractivity contribution in [2.75, 3.05) is 0 Å². The Balaban J connectivity index is 1.81. The third-order valence-electron chi connectivity index (χ3n) is 3.05. The minimum absolute atomic E-state index is 0.0654. The third-order valence-corrected chi connectivity index (χ3v) is 3.05. The Labute approximate surface area is 135 Å². The average molecular weight is 326 g/mol. The van der Waals surface area contributed by atoms with Gasteiger partial charge in [0.1, 0.15) is 17.2 Å². The van der Waals surface area contributed by atoms with Crippen LogP contribution < -0.4 is 4.74 Å². The van der Waals surface area contributed by atoms with Gasteiger partial charge in [0.15, 0.2) is 6.29 Å². The van der Waals surface area contributed by atoms with Crippen molar-refractivity contribution in [3.8, 4) is 23.0 Å². The average Bonchev–Trinajstić information content (AvgIpc) is 3.01. The lowest BCUT2D eigenvalue weighted by Crippen LogP contribution is -1.95. The molecule has 9 nitrogen and oxygen atoms in total. The molecule has 0 saturated heterocycles. The zero-order valence-corrected chi connectivity index (χ0v) is 12.4. The topological polar surface area (TPSA) is 121 Å². The van der Waals surface area contributed by atoms with E-state index < -0.39 is 4.92 Å². The van der Waals surface area contributed by atoms with Crippen molar-refractivity contribution in [3.05, 3.63) is 58.1 Å². The molecular formula is C15H10N4O5. The monoisotopic (exact) mass is 326 g/mol. The number of benzene rings is 1. The van der Waals surface area contributed by atoms with Gasteiger partial charge in [-0.3, -0.25) is 14.9 Å². The van der Waals surface area contributed by atoms with E-state index in [1.54, 1.807) is 19.1 Å². The Morgan fingerprint density at radius 1 is 1.25 bits per heavy atom. The maximum atomic E-state index is 10.9. The maximum absolute atomic E-state index is 10.9. The molecule has 0 amide bonds. The van der Waals surface area contributed by atoms with Crippen molar-refractivity contribution in [1.29, 1.82) is 0 Å². The summed E-state index contributed by atoms with van der Waals surface area (Å²) in [4.78, 5) is 29.3. The molecule has 0 radical (unpaired) electrons. The fourth-order valence-corrected chi connectivity index (χ4v) is 1.97. The number of nitro groups is 1. The van der Waals surface area contributed by atoms with Crippen LogP contribution in [0, 0.1) is 17.0 Å². The summed E-state index contributed by atoms with van der Waals surface area (Å²) in [5, 5.41) is 14.6. The number of nitro benzene ring substituents is 1. The molecule has 0 fully saturated rings. The van der Waals surface area contributed by atoms with Gasteiger partial charge in [-0.1, -0.05) is 5.16 Å². The maximum Gasteiger partial charge on any atom is 0.280 e. The molecule has 0 bridgehead atoms. The second-order valence-corrected chi connectivity index (χ2v) is 4.71. The highest BCUT2D eigenvalue weighted by atomic mass is 16.6. The van der Waals surface area contributed by atoms with Gasteiger partial charge in [-0.15, -0.1) is 0 Å². The van der Waals surface area contributed by atoms with Crippen LogP contribution in [0.3, 0.4) is 0 Å². The fraction of sp³-hybridized carbons (Fsp3) is 0.0667. The van der Waals surface area contributed by atoms with E-state index in [0.29, 0.717) is 29.4 Å². The van der Waals surface area contributed by atoms with E-state index in [4.69, 9.17) is 9.26 Å². The lowest BCUT2D eigenvalue weighted by Gasteiger charge is -2.06. The number of rotatable bonds is 5. The van der Waals surface area contributed by atoms with E-state index >= 15 is 0 Å². The molecule has 2 heterocycles. The molecule has 2 aromatic heterocycles. The summed E-state index contributed by atoms with van der Waals surface area (Å²) in [5.41, 5.74) is 0.166. The first kappa shape index (κ1) is 15.3. The van der Waals surface area contributed by atoms with Crippen LogP contribution in [0.2, 0.25) is 0 Å². The van der Waals surface area contributed by atoms with Crippen LogP contribution in [-0.2, 0) is 0 Å². The Hall–Kier alpha value is -3.62. The molecule has 0 saturated carbocycles. The SMILES string of the molecule is Cc1nc(-c2ccc(Oc3ccc([N+](=O)[O-])c(C=O)c3)cn2)no1. The van der Waals surface area contributed by atoms with Gasteiger partial charge in [-0.05, 0) is 24.3 Å². The molecule has 120 valence electrons. The van der Waals surface area contributed by atoms with Crippen LogP contribution in [0.5, 0.6) is 11.5 Å². The first-order chi connectivity index (χ1) is 11.6. The second-order valence-electron chi connectivity index (χ2n) is 4.71. The van der Waals surface area contributed by atoms with E-state index in [1.165, 1.54) is 24.4 Å². The minimum atomic E-state index is -0.628. The summed E-state index contributed by atoms with van der Waals surface area (Å²) in [5.74, 6) is 1.47. The number of hydrogen-bond donors (Lipinski definition) is 0. The number of pyridine rings is 1. The van der Waals surface area contributed by atoms with Crippen LogP contribution in [-0.4, -0.2) is 26.3 Å². The highest BCUT2D eigenvalue weighted by molar-refractivity contribution is 5.82. The predicted octanol–water partition coefficient (Wildman–Crippen LogP) is 2.95. The third kappa shape index (κ3) is 3.09. The van der Waals surface area contributed by atoms with Crippen molar-refractivity contribution in [2.24, 2.45) is 0 Å². The van der Waals surface area contributed by atoms with Crippen LogP contribution >= 0.6 is 0 Å². The highest BCUT2D eigenvalue weighted by Crippen LogP contribution is 2.27. The van der Waals surface area contributed by atoms with E-state index in [0.717, 1.165) is 0 Å². The molecule has 0 aliphatic heterocycles. The van der Waals surface area contributed by atoms with Gasteiger partial charge in [0.2, 0.25) is 11.7 Å². The van der Waals surface area contributed by atoms with E-state index in [1.807, 2.05) is 0 Å². The molecule has 24 heavy (non-hydrogen) atoms. The molecule has 1 aromatic carbocycles. The first-order valence-electron chi connectivity index (χ1n) is 6.75. The molecule has 3 rings (SSSR count). The molecule has 0 aliphatic carbocycles. The molecule has 3 aromatic rings. The summed E-state index contributed by atoms with van der Waals surface area (Å²) in [7, 11) is 0. The largest absolute Gasteiger partial charge is 0.456 e. The summed E-state index contributed by atoms with van der Waals surface area (Å²) >= 11 is 0. The molecule has 9 heteroatoms. The zero-order chi connectivity index (χ0) is 17.1. The highest BCUT2D eigenvalue weighted by Gasteiger charge is 2.14. The smallest absolute Gasteiger partial charge is 0.280 e. The lowest BCUT2D eigenvalue weighted by molar-refractivity contribution is -0.385. The lowest BCUT2D eigenvalue weighted by atomic mass is 10.2. The number of aromatic nitrogens is 3. The van der Waals surface area contributed by atoms with Gasteiger partial charge >= 0.3 is 0 Å². The minimum Gasteiger partial charge on any atom is -0.456 e. The molecule has 0 aliphatic rings. The number of carbonyl (C=O) groups excluding carboxylic acids is 1. The normalized spacial score (nSPS) is 10.4. The standard InChI is InChI=1S/C15H10N4O5/c1-9-17-15(18-24-9)13-4-2-12(7-16-13)23-11-3-5-14(19(21)22)10(6-11)8-20/h2-8H,1H3. The van der Waals surface area contributed by atoms with Crippen molar-refractivity contribution in [2.45, 2.75) is 6.92 Å². The van der Waals surface area contributed by atoms with Crippen molar-refractivity contribution in [3.63, 3.8) is 0 Å². The number of nitrogens with zero attached hydrogens (tertiary/aromatic N) is 4. The summed E-state index contributed by atoms with van der Waals surface area (Å²) in [6.45, 7) is 1.67. The molecule has 0 unspecified atom stereocenters. The predicted molar refractivity (Wildman–Crippen MR) is 80.8 cm³/mol. The number of aryl methyl sites for hydroxylation is 1. The molecule has 0 atom stereocenters. The quantitative estimate of drug-likeness (QED) is 0.398. The summed E-state index contributed by atoms with van der Waals surface area (Å²) < 4.78 is 10.4. The van der Waals surface area contributed by atoms with Crippen LogP contribution in [0.1, 0.15) is 16.2 Å². The zero-order valence-electron chi connectivity index (χ0n) is 12.4. The second kappa shape index (κ2) is 6.24. The van der Waals surface area contributed by atoms with E-state index in [-0.39, 0.29) is 17.0 Å². The Morgan fingerprint density at radius 2 is 2.04 bits per heavy atom. The fourth-order valence-electron chi connectivity index (χ4n) is 1.97. The Kier molecular flexibility index (Phi) is 3.98. The number of ether oxygens (including phenoxy) is 1. The summed E-state index contributed by atoms with van der Waals surface area (Å²) in [6, 6.07) is 7.19. The number of carbonyl (C=O) groups is 1. The van der Waals surface area contributed by atoms with E-state index in [9.17, 15) is 14.9 Å². The van der Waals surface area contributed by atoms with Crippen LogP contribution in [0.15, 0.2) is 41.1 Å². The van der Waals surface area contributed by atoms with Crippen molar-refractivity contribution < 1.29 is 19.0 Å². The number of hydrogen-bond acceptors (Lipinski definition) is 8. The van der Waals surface area contributed by atoms with Gasteiger partial charge < -0.3 is 9.26 Å². The van der Waals surface area contributed by atoms with Gasteiger partial charge in [-0.2, -0.15) is 4.98 Å². The molecule has 0 N–H and O–H groups in total. The molecule has 0 spiro atoms. The Bertz CT molecular complexity index is 904. The summed E-state index contributed by atoms with van der Waals surface area (Å²) in [6.07, 6.45) is 1.86. The van der Waals surface area contributed by atoms with Crippen molar-refractivity contribution in [1.82, 2.24) is 15.1 Å². The van der Waals surface area contributed by atoms with Gasteiger partial charge in [-0.25, -0.2) is 4.98 Å². The van der Waals surface area contributed by atoms with Crippen molar-refractivity contribution >= 4 is 12.0 Å².